The third-order valence-electron chi connectivity index (χ3n) is 6.11. The summed E-state index contributed by atoms with van der Waals surface area (Å²) in [6.45, 7) is 4.58. The van der Waals surface area contributed by atoms with Gasteiger partial charge >= 0.3 is 6.03 Å². The Bertz CT molecular complexity index is 677. The van der Waals surface area contributed by atoms with Crippen molar-refractivity contribution >= 4 is 23.5 Å². The van der Waals surface area contributed by atoms with Crippen LogP contribution in [-0.2, 0) is 4.79 Å². The fourth-order valence-corrected chi connectivity index (χ4v) is 4.35. The van der Waals surface area contributed by atoms with Crippen LogP contribution in [0.3, 0.4) is 0 Å². The second-order valence-electron chi connectivity index (χ2n) is 8.88. The summed E-state index contributed by atoms with van der Waals surface area (Å²) in [7, 11) is 0. The maximum atomic E-state index is 13.1. The van der Waals surface area contributed by atoms with Crippen LogP contribution in [-0.4, -0.2) is 30.6 Å². The van der Waals surface area contributed by atoms with E-state index < -0.39 is 6.04 Å². The number of nitrogens with two attached hydrogens (primary N) is 1. The molecule has 0 saturated heterocycles. The smallest absolute Gasteiger partial charge is 0.315 e. The van der Waals surface area contributed by atoms with Crippen molar-refractivity contribution in [2.75, 3.05) is 6.54 Å². The molecule has 0 unspecified atom stereocenters. The number of unbranched alkanes of at least 4 members (excludes halogenated alkanes) is 1. The first-order chi connectivity index (χ1) is 14.9. The Hall–Kier alpha value is -1.79. The molecular formula is C24H39ClN4O2. The van der Waals surface area contributed by atoms with Crippen LogP contribution in [0.2, 0.25) is 5.02 Å². The highest BCUT2D eigenvalue weighted by Crippen LogP contribution is 2.27. The van der Waals surface area contributed by atoms with E-state index in [1.807, 2.05) is 38.1 Å². The van der Waals surface area contributed by atoms with Crippen molar-refractivity contribution in [2.45, 2.75) is 89.8 Å². The van der Waals surface area contributed by atoms with Gasteiger partial charge in [-0.1, -0.05) is 62.3 Å². The molecule has 174 valence electrons. The lowest BCUT2D eigenvalue weighted by molar-refractivity contribution is -0.124. The Morgan fingerprint density at radius 2 is 1.71 bits per heavy atom. The summed E-state index contributed by atoms with van der Waals surface area (Å²) in [4.78, 5) is 25.7. The molecule has 0 radical (unpaired) electrons. The van der Waals surface area contributed by atoms with Crippen molar-refractivity contribution in [3.05, 3.63) is 34.9 Å². The van der Waals surface area contributed by atoms with Gasteiger partial charge in [0.1, 0.15) is 6.04 Å². The third-order valence-corrected chi connectivity index (χ3v) is 6.37. The second kappa shape index (κ2) is 13.6. The molecule has 1 fully saturated rings. The number of amides is 3. The quantitative estimate of drug-likeness (QED) is 0.369. The van der Waals surface area contributed by atoms with E-state index in [2.05, 4.69) is 16.0 Å². The van der Waals surface area contributed by atoms with Gasteiger partial charge in [0, 0.05) is 11.1 Å². The molecule has 7 heteroatoms. The van der Waals surface area contributed by atoms with E-state index in [1.54, 1.807) is 0 Å². The lowest BCUT2D eigenvalue weighted by Gasteiger charge is -2.28. The summed E-state index contributed by atoms with van der Waals surface area (Å²) < 4.78 is 0. The van der Waals surface area contributed by atoms with Gasteiger partial charge in [0.05, 0.1) is 6.04 Å². The van der Waals surface area contributed by atoms with Gasteiger partial charge < -0.3 is 21.7 Å². The van der Waals surface area contributed by atoms with Crippen LogP contribution in [0.1, 0.15) is 83.2 Å². The molecule has 3 atom stereocenters. The van der Waals surface area contributed by atoms with E-state index in [0.29, 0.717) is 23.9 Å². The summed E-state index contributed by atoms with van der Waals surface area (Å²) in [6, 6.07) is 6.49. The Labute approximate surface area is 192 Å². The number of rotatable bonds is 11. The molecule has 0 spiro atoms. The first-order valence-electron chi connectivity index (χ1n) is 11.7. The average molecular weight is 451 g/mol. The summed E-state index contributed by atoms with van der Waals surface area (Å²) in [5, 5.41) is 9.64. The Balaban J connectivity index is 1.96. The molecule has 6 nitrogen and oxygen atoms in total. The largest absolute Gasteiger partial charge is 0.348 e. The summed E-state index contributed by atoms with van der Waals surface area (Å²) in [5.41, 5.74) is 6.52. The number of carbonyl (C=O) groups excluding carboxylic acids is 2. The summed E-state index contributed by atoms with van der Waals surface area (Å²) in [5.74, 6) is 0.330. The van der Waals surface area contributed by atoms with Crippen LogP contribution in [0.25, 0.3) is 0 Å². The van der Waals surface area contributed by atoms with Crippen molar-refractivity contribution < 1.29 is 9.59 Å². The van der Waals surface area contributed by atoms with E-state index in [9.17, 15) is 9.59 Å². The molecule has 1 aliphatic rings. The number of benzene rings is 1. The molecule has 2 rings (SSSR count). The van der Waals surface area contributed by atoms with Gasteiger partial charge in [0.2, 0.25) is 5.91 Å². The minimum Gasteiger partial charge on any atom is -0.348 e. The zero-order valence-corrected chi connectivity index (χ0v) is 19.7. The van der Waals surface area contributed by atoms with Crippen LogP contribution in [0.15, 0.2) is 24.3 Å². The van der Waals surface area contributed by atoms with Gasteiger partial charge in [0.25, 0.3) is 0 Å². The molecule has 0 aromatic heterocycles. The Morgan fingerprint density at radius 1 is 1.03 bits per heavy atom. The molecule has 0 aliphatic heterocycles. The molecular weight excluding hydrogens is 412 g/mol. The van der Waals surface area contributed by atoms with Crippen molar-refractivity contribution in [1.29, 1.82) is 0 Å². The van der Waals surface area contributed by atoms with Crippen LogP contribution < -0.4 is 21.7 Å². The summed E-state index contributed by atoms with van der Waals surface area (Å²) >= 11 is 5.97. The van der Waals surface area contributed by atoms with Gasteiger partial charge in [-0.05, 0) is 63.3 Å². The van der Waals surface area contributed by atoms with Gasteiger partial charge in [0.15, 0.2) is 0 Å². The minimum atomic E-state index is -0.547. The summed E-state index contributed by atoms with van der Waals surface area (Å²) in [6.07, 6.45) is 9.37. The molecule has 1 aromatic carbocycles. The highest BCUT2D eigenvalue weighted by Gasteiger charge is 2.27. The number of hydrogen-bond acceptors (Lipinski definition) is 3. The predicted octanol–water partition coefficient (Wildman–Crippen LogP) is 4.67. The van der Waals surface area contributed by atoms with Gasteiger partial charge in [-0.3, -0.25) is 4.79 Å². The van der Waals surface area contributed by atoms with Crippen molar-refractivity contribution in [3.8, 4) is 0 Å². The van der Waals surface area contributed by atoms with Gasteiger partial charge in [-0.25, -0.2) is 4.79 Å². The molecule has 1 aliphatic carbocycles. The van der Waals surface area contributed by atoms with E-state index >= 15 is 0 Å². The maximum Gasteiger partial charge on any atom is 0.315 e. The second-order valence-corrected chi connectivity index (χ2v) is 9.31. The normalized spacial score (nSPS) is 17.4. The molecule has 31 heavy (non-hydrogen) atoms. The van der Waals surface area contributed by atoms with E-state index in [1.165, 1.54) is 19.3 Å². The molecule has 1 aromatic rings. The van der Waals surface area contributed by atoms with E-state index in [4.69, 9.17) is 17.3 Å². The average Bonchev–Trinajstić information content (AvgIpc) is 2.74. The highest BCUT2D eigenvalue weighted by atomic mass is 35.5. The molecule has 0 bridgehead atoms. The Morgan fingerprint density at radius 3 is 2.35 bits per heavy atom. The van der Waals surface area contributed by atoms with E-state index in [0.717, 1.165) is 37.7 Å². The van der Waals surface area contributed by atoms with Crippen LogP contribution in [0.4, 0.5) is 4.79 Å². The van der Waals surface area contributed by atoms with Crippen molar-refractivity contribution in [2.24, 2.45) is 11.7 Å². The molecule has 5 N–H and O–H groups in total. The van der Waals surface area contributed by atoms with Crippen molar-refractivity contribution in [3.63, 3.8) is 0 Å². The fraction of sp³-hybridized carbons (Fsp3) is 0.667. The fourth-order valence-electron chi connectivity index (χ4n) is 4.23. The monoisotopic (exact) mass is 450 g/mol. The topological polar surface area (TPSA) is 96.2 Å². The number of carbonyl (C=O) groups is 2. The van der Waals surface area contributed by atoms with Crippen LogP contribution >= 0.6 is 11.6 Å². The Kier molecular flexibility index (Phi) is 11.2. The number of urea groups is 1. The standard InChI is InChI=1S/C24H39ClN4O2/c1-17(8-6-7-15-26)27-24(31)29-22(16-19-9-4-3-5-10-19)23(30)28-18(2)20-11-13-21(25)14-12-20/h11-14,17-19,22H,3-10,15-16,26H2,1-2H3,(H,28,30)(H2,27,29,31)/t17-,18-,22+/m0/s1. The molecule has 1 saturated carbocycles. The lowest BCUT2D eigenvalue weighted by Crippen LogP contribution is -2.52. The third kappa shape index (κ3) is 9.48. The molecule has 3 amide bonds. The number of halogens is 1. The zero-order valence-electron chi connectivity index (χ0n) is 19.0. The first-order valence-corrected chi connectivity index (χ1v) is 12.1. The minimum absolute atomic E-state index is 0.0398. The SMILES string of the molecule is C[C@H](NC(=O)[C@@H](CC1CCCCC1)NC(=O)N[C@@H](C)CCCCN)c1ccc(Cl)cc1. The predicted molar refractivity (Wildman–Crippen MR) is 127 cm³/mol. The van der Waals surface area contributed by atoms with Gasteiger partial charge in [-0.2, -0.15) is 0 Å². The van der Waals surface area contributed by atoms with Crippen LogP contribution in [0.5, 0.6) is 0 Å². The van der Waals surface area contributed by atoms with Crippen LogP contribution in [0, 0.1) is 5.92 Å². The lowest BCUT2D eigenvalue weighted by atomic mass is 9.84. The highest BCUT2D eigenvalue weighted by molar-refractivity contribution is 6.30. The maximum absolute atomic E-state index is 13.1. The zero-order chi connectivity index (χ0) is 22.6. The van der Waals surface area contributed by atoms with Crippen molar-refractivity contribution in [1.82, 2.24) is 16.0 Å². The first kappa shape index (κ1) is 25.5. The molecule has 0 heterocycles. The van der Waals surface area contributed by atoms with Gasteiger partial charge in [-0.15, -0.1) is 0 Å². The number of hydrogen-bond donors (Lipinski definition) is 4. The van der Waals surface area contributed by atoms with E-state index in [-0.39, 0.29) is 24.0 Å². The number of nitrogens with one attached hydrogen (secondary N) is 3.